The Balaban J connectivity index is 2.34. The highest BCUT2D eigenvalue weighted by atomic mass is 16.3. The Kier molecular flexibility index (Phi) is 4.84. The maximum Gasteiger partial charge on any atom is 0.104 e. The van der Waals surface area contributed by atoms with E-state index in [9.17, 15) is 5.11 Å². The topological polar surface area (TPSA) is 20.2 Å². The normalized spacial score (nSPS) is 13.2. The molecule has 0 spiro atoms. The minimum Gasteiger partial charge on any atom is -0.384 e. The van der Waals surface area contributed by atoms with E-state index in [2.05, 4.69) is 58.0 Å². The molecule has 112 valence electrons. The van der Waals surface area contributed by atoms with Crippen LogP contribution < -0.4 is 0 Å². The lowest BCUT2D eigenvalue weighted by Crippen LogP contribution is -2.16. The molecule has 0 aliphatic heterocycles. The molecule has 0 heterocycles. The lowest BCUT2D eigenvalue weighted by atomic mass is 9.81. The van der Waals surface area contributed by atoms with Crippen LogP contribution in [0.5, 0.6) is 0 Å². The molecule has 0 saturated carbocycles. The van der Waals surface area contributed by atoms with Gasteiger partial charge in [-0.3, -0.25) is 0 Å². The first-order valence-corrected chi connectivity index (χ1v) is 7.79. The predicted octanol–water partition coefficient (Wildman–Crippen LogP) is 5.02. The first kappa shape index (κ1) is 15.8. The second-order valence-corrected chi connectivity index (χ2v) is 6.73. The number of hydrogen-bond acceptors (Lipinski definition) is 1. The van der Waals surface area contributed by atoms with Crippen LogP contribution in [0.1, 0.15) is 62.5 Å². The maximum absolute atomic E-state index is 10.8. The molecule has 2 rings (SSSR count). The van der Waals surface area contributed by atoms with Crippen LogP contribution in [0.4, 0.5) is 0 Å². The predicted molar refractivity (Wildman–Crippen MR) is 89.6 cm³/mol. The highest BCUT2D eigenvalue weighted by Crippen LogP contribution is 2.32. The van der Waals surface area contributed by atoms with Gasteiger partial charge in [-0.1, -0.05) is 82.6 Å². The number of aliphatic hydroxyl groups is 1. The third-order valence-electron chi connectivity index (χ3n) is 3.90. The van der Waals surface area contributed by atoms with Crippen molar-refractivity contribution in [1.82, 2.24) is 0 Å². The van der Waals surface area contributed by atoms with Gasteiger partial charge in [0.2, 0.25) is 0 Å². The molecule has 0 fully saturated rings. The van der Waals surface area contributed by atoms with E-state index in [4.69, 9.17) is 0 Å². The Hall–Kier alpha value is -1.60. The zero-order chi connectivity index (χ0) is 15.5. The molecule has 2 aromatic rings. The van der Waals surface area contributed by atoms with E-state index in [1.165, 1.54) is 11.1 Å². The van der Waals surface area contributed by atoms with Crippen molar-refractivity contribution in [3.8, 4) is 0 Å². The molecule has 1 heteroatoms. The van der Waals surface area contributed by atoms with E-state index < -0.39 is 6.10 Å². The standard InChI is InChI=1S/C20H26O/c1-5-8-15-11-13-16(14-12-15)19(21)17-9-6-7-10-18(17)20(2,3)4/h6-7,9-14,19,21H,5,8H2,1-4H3. The summed E-state index contributed by atoms with van der Waals surface area (Å²) in [6.07, 6.45) is 1.68. The number of benzene rings is 2. The first-order valence-electron chi connectivity index (χ1n) is 7.79. The largest absolute Gasteiger partial charge is 0.384 e. The minimum absolute atomic E-state index is 0.0275. The molecule has 2 aromatic carbocycles. The molecule has 1 unspecified atom stereocenters. The van der Waals surface area contributed by atoms with Crippen LogP contribution >= 0.6 is 0 Å². The van der Waals surface area contributed by atoms with Gasteiger partial charge in [0.05, 0.1) is 0 Å². The summed E-state index contributed by atoms with van der Waals surface area (Å²) in [6, 6.07) is 16.5. The molecular formula is C20H26O. The molecule has 0 aliphatic carbocycles. The molecule has 0 bridgehead atoms. The first-order chi connectivity index (χ1) is 9.93. The Labute approximate surface area is 128 Å². The van der Waals surface area contributed by atoms with E-state index in [0.29, 0.717) is 0 Å². The van der Waals surface area contributed by atoms with Crippen LogP contribution in [0.25, 0.3) is 0 Å². The average Bonchev–Trinajstić information content (AvgIpc) is 2.47. The van der Waals surface area contributed by atoms with Crippen LogP contribution in [0.2, 0.25) is 0 Å². The van der Waals surface area contributed by atoms with E-state index in [-0.39, 0.29) is 5.41 Å². The summed E-state index contributed by atoms with van der Waals surface area (Å²) < 4.78 is 0. The van der Waals surface area contributed by atoms with Gasteiger partial charge in [-0.2, -0.15) is 0 Å². The average molecular weight is 282 g/mol. The van der Waals surface area contributed by atoms with Gasteiger partial charge < -0.3 is 5.11 Å². The summed E-state index contributed by atoms with van der Waals surface area (Å²) in [5.74, 6) is 0. The third kappa shape index (κ3) is 3.74. The van der Waals surface area contributed by atoms with Crippen LogP contribution in [-0.4, -0.2) is 5.11 Å². The molecular weight excluding hydrogens is 256 g/mol. The molecule has 21 heavy (non-hydrogen) atoms. The molecule has 1 atom stereocenters. The third-order valence-corrected chi connectivity index (χ3v) is 3.90. The van der Waals surface area contributed by atoms with E-state index in [0.717, 1.165) is 24.0 Å². The fourth-order valence-electron chi connectivity index (χ4n) is 2.75. The van der Waals surface area contributed by atoms with Crippen LogP contribution in [0.15, 0.2) is 48.5 Å². The number of hydrogen-bond donors (Lipinski definition) is 1. The number of aryl methyl sites for hydroxylation is 1. The Bertz CT molecular complexity index is 576. The van der Waals surface area contributed by atoms with Crippen molar-refractivity contribution >= 4 is 0 Å². The quantitative estimate of drug-likeness (QED) is 0.835. The monoisotopic (exact) mass is 282 g/mol. The summed E-state index contributed by atoms with van der Waals surface area (Å²) in [4.78, 5) is 0. The van der Waals surface area contributed by atoms with Crippen molar-refractivity contribution in [2.75, 3.05) is 0 Å². The number of rotatable bonds is 4. The van der Waals surface area contributed by atoms with Gasteiger partial charge in [0, 0.05) is 0 Å². The Morgan fingerprint density at radius 3 is 2.14 bits per heavy atom. The van der Waals surface area contributed by atoms with Crippen molar-refractivity contribution in [3.63, 3.8) is 0 Å². The van der Waals surface area contributed by atoms with Gasteiger partial charge in [-0.25, -0.2) is 0 Å². The van der Waals surface area contributed by atoms with Gasteiger partial charge in [0.1, 0.15) is 6.10 Å². The molecule has 0 radical (unpaired) electrons. The van der Waals surface area contributed by atoms with Crippen molar-refractivity contribution in [1.29, 1.82) is 0 Å². The highest BCUT2D eigenvalue weighted by molar-refractivity contribution is 5.40. The van der Waals surface area contributed by atoms with Crippen molar-refractivity contribution in [3.05, 3.63) is 70.8 Å². The summed E-state index contributed by atoms with van der Waals surface area (Å²) in [7, 11) is 0. The van der Waals surface area contributed by atoms with Crippen molar-refractivity contribution in [2.45, 2.75) is 52.1 Å². The highest BCUT2D eigenvalue weighted by Gasteiger charge is 2.22. The minimum atomic E-state index is -0.559. The fraction of sp³-hybridized carbons (Fsp3) is 0.400. The van der Waals surface area contributed by atoms with Gasteiger partial charge in [-0.05, 0) is 34.1 Å². The second-order valence-electron chi connectivity index (χ2n) is 6.73. The zero-order valence-electron chi connectivity index (χ0n) is 13.6. The second kappa shape index (κ2) is 6.44. The fourth-order valence-corrected chi connectivity index (χ4v) is 2.75. The molecule has 0 aromatic heterocycles. The number of aliphatic hydroxyl groups excluding tert-OH is 1. The van der Waals surface area contributed by atoms with Gasteiger partial charge in [-0.15, -0.1) is 0 Å². The van der Waals surface area contributed by atoms with E-state index in [1.807, 2.05) is 18.2 Å². The smallest absolute Gasteiger partial charge is 0.104 e. The molecule has 1 nitrogen and oxygen atoms in total. The molecule has 0 amide bonds. The van der Waals surface area contributed by atoms with Crippen LogP contribution in [0.3, 0.4) is 0 Å². The molecule has 1 N–H and O–H groups in total. The zero-order valence-corrected chi connectivity index (χ0v) is 13.6. The lowest BCUT2D eigenvalue weighted by Gasteiger charge is -2.25. The lowest BCUT2D eigenvalue weighted by molar-refractivity contribution is 0.217. The summed E-state index contributed by atoms with van der Waals surface area (Å²) in [5, 5.41) is 10.8. The van der Waals surface area contributed by atoms with Gasteiger partial charge >= 0.3 is 0 Å². The van der Waals surface area contributed by atoms with E-state index >= 15 is 0 Å². The maximum atomic E-state index is 10.8. The Morgan fingerprint density at radius 1 is 0.952 bits per heavy atom. The van der Waals surface area contributed by atoms with Gasteiger partial charge in [0.25, 0.3) is 0 Å². The summed E-state index contributed by atoms with van der Waals surface area (Å²) >= 11 is 0. The molecule has 0 saturated heterocycles. The van der Waals surface area contributed by atoms with Crippen LogP contribution in [0, 0.1) is 0 Å². The van der Waals surface area contributed by atoms with Crippen LogP contribution in [-0.2, 0) is 11.8 Å². The Morgan fingerprint density at radius 2 is 1.57 bits per heavy atom. The van der Waals surface area contributed by atoms with Crippen molar-refractivity contribution < 1.29 is 5.11 Å². The SMILES string of the molecule is CCCc1ccc(C(O)c2ccccc2C(C)(C)C)cc1. The summed E-state index contributed by atoms with van der Waals surface area (Å²) in [5.41, 5.74) is 4.53. The van der Waals surface area contributed by atoms with E-state index in [1.54, 1.807) is 0 Å². The van der Waals surface area contributed by atoms with Gasteiger partial charge in [0.15, 0.2) is 0 Å². The summed E-state index contributed by atoms with van der Waals surface area (Å²) in [6.45, 7) is 8.73. The molecule has 0 aliphatic rings. The van der Waals surface area contributed by atoms with Crippen molar-refractivity contribution in [2.24, 2.45) is 0 Å².